The first-order valence-corrected chi connectivity index (χ1v) is 10.3. The summed E-state index contributed by atoms with van der Waals surface area (Å²) in [6, 6.07) is 9.79. The minimum atomic E-state index is -0.313. The Morgan fingerprint density at radius 3 is 2.37 bits per heavy atom. The van der Waals surface area contributed by atoms with Crippen molar-refractivity contribution in [2.24, 2.45) is 0 Å². The molecule has 1 aromatic heterocycles. The van der Waals surface area contributed by atoms with Crippen LogP contribution in [0.2, 0.25) is 0 Å². The molecule has 0 bridgehead atoms. The number of aryl methyl sites for hydroxylation is 1. The van der Waals surface area contributed by atoms with E-state index in [2.05, 4.69) is 20.1 Å². The topological polar surface area (TPSA) is 74.8 Å². The molecule has 1 fully saturated rings. The van der Waals surface area contributed by atoms with Gasteiger partial charge in [-0.1, -0.05) is 12.1 Å². The standard InChI is InChI=1S/C23H30N4O3/c1-16(2)30-23(29)21-17(3)9-10-24-22(21)27-13-11-26(12-14-27)15-19-5-7-20(8-6-19)25-18(4)28/h5-10,16H,11-15H2,1-4H3,(H,25,28). The van der Waals surface area contributed by atoms with E-state index in [0.717, 1.165) is 44.0 Å². The molecule has 1 N–H and O–H groups in total. The largest absolute Gasteiger partial charge is 0.459 e. The number of hydrogen-bond donors (Lipinski definition) is 1. The summed E-state index contributed by atoms with van der Waals surface area (Å²) in [5.74, 6) is 0.326. The highest BCUT2D eigenvalue weighted by Gasteiger charge is 2.25. The average Bonchev–Trinajstić information content (AvgIpc) is 2.69. The van der Waals surface area contributed by atoms with Crippen LogP contribution in [0.25, 0.3) is 0 Å². The molecule has 7 heteroatoms. The van der Waals surface area contributed by atoms with Crippen molar-refractivity contribution >= 4 is 23.4 Å². The Balaban J connectivity index is 1.62. The SMILES string of the molecule is CC(=O)Nc1ccc(CN2CCN(c3nccc(C)c3C(=O)OC(C)C)CC2)cc1. The third-order valence-electron chi connectivity index (χ3n) is 5.04. The van der Waals surface area contributed by atoms with Gasteiger partial charge in [0.1, 0.15) is 11.4 Å². The molecule has 0 saturated carbocycles. The number of rotatable bonds is 6. The van der Waals surface area contributed by atoms with Crippen molar-refractivity contribution in [2.75, 3.05) is 36.4 Å². The lowest BCUT2D eigenvalue weighted by Crippen LogP contribution is -2.46. The van der Waals surface area contributed by atoms with Crippen molar-refractivity contribution in [1.29, 1.82) is 0 Å². The first kappa shape index (κ1) is 21.8. The zero-order chi connectivity index (χ0) is 21.7. The van der Waals surface area contributed by atoms with Gasteiger partial charge in [-0.05, 0) is 50.1 Å². The van der Waals surface area contributed by atoms with Gasteiger partial charge in [0.2, 0.25) is 5.91 Å². The van der Waals surface area contributed by atoms with Crippen molar-refractivity contribution in [1.82, 2.24) is 9.88 Å². The Morgan fingerprint density at radius 2 is 1.77 bits per heavy atom. The van der Waals surface area contributed by atoms with E-state index in [1.807, 2.05) is 51.1 Å². The number of carbonyl (C=O) groups excluding carboxylic acids is 2. The summed E-state index contributed by atoms with van der Waals surface area (Å²) in [6.45, 7) is 11.3. The number of amides is 1. The van der Waals surface area contributed by atoms with Crippen molar-refractivity contribution in [2.45, 2.75) is 40.3 Å². The van der Waals surface area contributed by atoms with Gasteiger partial charge < -0.3 is 15.0 Å². The molecule has 1 saturated heterocycles. The first-order valence-electron chi connectivity index (χ1n) is 10.3. The van der Waals surface area contributed by atoms with Crippen molar-refractivity contribution in [3.63, 3.8) is 0 Å². The maximum absolute atomic E-state index is 12.6. The van der Waals surface area contributed by atoms with Gasteiger partial charge in [-0.2, -0.15) is 0 Å². The number of benzene rings is 1. The monoisotopic (exact) mass is 410 g/mol. The lowest BCUT2D eigenvalue weighted by atomic mass is 10.1. The lowest BCUT2D eigenvalue weighted by molar-refractivity contribution is -0.114. The number of aromatic nitrogens is 1. The molecule has 0 unspecified atom stereocenters. The van der Waals surface area contributed by atoms with Crippen LogP contribution in [0.4, 0.5) is 11.5 Å². The molecule has 0 spiro atoms. The molecule has 160 valence electrons. The normalized spacial score (nSPS) is 14.6. The number of nitrogens with zero attached hydrogens (tertiary/aromatic N) is 3. The molecule has 30 heavy (non-hydrogen) atoms. The van der Waals surface area contributed by atoms with Gasteiger partial charge >= 0.3 is 5.97 Å². The fourth-order valence-electron chi connectivity index (χ4n) is 3.58. The Hall–Kier alpha value is -2.93. The van der Waals surface area contributed by atoms with E-state index in [1.165, 1.54) is 12.5 Å². The maximum Gasteiger partial charge on any atom is 0.342 e. The number of pyridine rings is 1. The fourth-order valence-corrected chi connectivity index (χ4v) is 3.58. The highest BCUT2D eigenvalue weighted by atomic mass is 16.5. The molecular formula is C23H30N4O3. The Labute approximate surface area is 178 Å². The Kier molecular flexibility index (Phi) is 7.05. The van der Waals surface area contributed by atoms with Gasteiger partial charge in [-0.15, -0.1) is 0 Å². The number of esters is 1. The summed E-state index contributed by atoms with van der Waals surface area (Å²) >= 11 is 0. The number of ether oxygens (including phenoxy) is 1. The van der Waals surface area contributed by atoms with E-state index in [-0.39, 0.29) is 18.0 Å². The third kappa shape index (κ3) is 5.57. The zero-order valence-corrected chi connectivity index (χ0v) is 18.1. The summed E-state index contributed by atoms with van der Waals surface area (Å²) in [6.07, 6.45) is 1.58. The van der Waals surface area contributed by atoms with Gasteiger partial charge in [0.25, 0.3) is 0 Å². The van der Waals surface area contributed by atoms with Crippen LogP contribution in [0.1, 0.15) is 42.3 Å². The maximum atomic E-state index is 12.6. The highest BCUT2D eigenvalue weighted by molar-refractivity contribution is 5.96. The van der Waals surface area contributed by atoms with Gasteiger partial charge in [-0.3, -0.25) is 9.69 Å². The molecular weight excluding hydrogens is 380 g/mol. The summed E-state index contributed by atoms with van der Waals surface area (Å²) in [5.41, 5.74) is 3.45. The van der Waals surface area contributed by atoms with Gasteiger partial charge in [0.05, 0.1) is 6.10 Å². The van der Waals surface area contributed by atoms with Crippen molar-refractivity contribution < 1.29 is 14.3 Å². The summed E-state index contributed by atoms with van der Waals surface area (Å²) in [4.78, 5) is 32.8. The number of nitrogens with one attached hydrogen (secondary N) is 1. The third-order valence-corrected chi connectivity index (χ3v) is 5.04. The molecule has 0 radical (unpaired) electrons. The van der Waals surface area contributed by atoms with Crippen LogP contribution in [0.5, 0.6) is 0 Å². The van der Waals surface area contributed by atoms with Crippen LogP contribution in [0, 0.1) is 6.92 Å². The summed E-state index contributed by atoms with van der Waals surface area (Å²) in [7, 11) is 0. The molecule has 1 aliphatic heterocycles. The number of piperazine rings is 1. The van der Waals surface area contributed by atoms with E-state index in [9.17, 15) is 9.59 Å². The van der Waals surface area contributed by atoms with Crippen LogP contribution < -0.4 is 10.2 Å². The second-order valence-electron chi connectivity index (χ2n) is 7.92. The molecule has 7 nitrogen and oxygen atoms in total. The minimum Gasteiger partial charge on any atom is -0.459 e. The molecule has 3 rings (SSSR count). The van der Waals surface area contributed by atoms with Crippen LogP contribution >= 0.6 is 0 Å². The molecule has 2 heterocycles. The van der Waals surface area contributed by atoms with E-state index >= 15 is 0 Å². The minimum absolute atomic E-state index is 0.0692. The molecule has 1 aliphatic rings. The van der Waals surface area contributed by atoms with Gasteiger partial charge in [-0.25, -0.2) is 9.78 Å². The van der Waals surface area contributed by atoms with E-state index in [0.29, 0.717) is 11.4 Å². The first-order chi connectivity index (χ1) is 14.3. The zero-order valence-electron chi connectivity index (χ0n) is 18.1. The van der Waals surface area contributed by atoms with E-state index in [4.69, 9.17) is 4.74 Å². The number of hydrogen-bond acceptors (Lipinski definition) is 6. The van der Waals surface area contributed by atoms with Crippen LogP contribution in [0.15, 0.2) is 36.5 Å². The summed E-state index contributed by atoms with van der Waals surface area (Å²) < 4.78 is 5.44. The highest BCUT2D eigenvalue weighted by Crippen LogP contribution is 2.24. The van der Waals surface area contributed by atoms with Crippen molar-refractivity contribution in [3.05, 3.63) is 53.2 Å². The predicted molar refractivity (Wildman–Crippen MR) is 118 cm³/mol. The fraction of sp³-hybridized carbons (Fsp3) is 0.435. The smallest absolute Gasteiger partial charge is 0.342 e. The van der Waals surface area contributed by atoms with Gasteiger partial charge in [0.15, 0.2) is 0 Å². The number of anilines is 2. The van der Waals surface area contributed by atoms with E-state index in [1.54, 1.807) is 6.20 Å². The lowest BCUT2D eigenvalue weighted by Gasteiger charge is -2.36. The Morgan fingerprint density at radius 1 is 1.10 bits per heavy atom. The quantitative estimate of drug-likeness (QED) is 0.737. The predicted octanol–water partition coefficient (Wildman–Crippen LogP) is 3.24. The second kappa shape index (κ2) is 9.71. The molecule has 1 aromatic carbocycles. The van der Waals surface area contributed by atoms with E-state index < -0.39 is 0 Å². The van der Waals surface area contributed by atoms with Crippen LogP contribution in [-0.2, 0) is 16.1 Å². The second-order valence-corrected chi connectivity index (χ2v) is 7.92. The van der Waals surface area contributed by atoms with Crippen LogP contribution in [0.3, 0.4) is 0 Å². The molecule has 0 atom stereocenters. The molecule has 2 aromatic rings. The summed E-state index contributed by atoms with van der Waals surface area (Å²) in [5, 5.41) is 2.79. The van der Waals surface area contributed by atoms with Crippen molar-refractivity contribution in [3.8, 4) is 0 Å². The molecule has 0 aliphatic carbocycles. The number of carbonyl (C=O) groups is 2. The molecule has 1 amide bonds. The average molecular weight is 411 g/mol. The Bertz CT molecular complexity index is 888. The van der Waals surface area contributed by atoms with Gasteiger partial charge in [0, 0.05) is 51.5 Å². The van der Waals surface area contributed by atoms with Crippen LogP contribution in [-0.4, -0.2) is 54.0 Å².